The van der Waals surface area contributed by atoms with Crippen molar-refractivity contribution in [2.24, 2.45) is 56.0 Å². The second-order valence-corrected chi connectivity index (χ2v) is 25.0. The third-order valence-electron chi connectivity index (χ3n) is 20.3. The summed E-state index contributed by atoms with van der Waals surface area (Å²) < 4.78 is 36.2. The molecule has 3 saturated heterocycles. The van der Waals surface area contributed by atoms with Crippen LogP contribution in [0.25, 0.3) is 0 Å². The van der Waals surface area contributed by atoms with Gasteiger partial charge in [0.1, 0.15) is 60.5 Å². The lowest BCUT2D eigenvalue weighted by Gasteiger charge is -2.71. The fourth-order valence-corrected chi connectivity index (χ4v) is 15.7. The van der Waals surface area contributed by atoms with Gasteiger partial charge in [-0.2, -0.15) is 0 Å². The van der Waals surface area contributed by atoms with Crippen LogP contribution in [-0.4, -0.2) is 182 Å². The minimum Gasteiger partial charge on any atom is -0.432 e. The monoisotopic (exact) mass is 1040 g/mol. The number of hydrogen-bond acceptors (Lipinski definition) is 19. The Kier molecular flexibility index (Phi) is 16.5. The molecule has 73 heavy (non-hydrogen) atoms. The Morgan fingerprint density at radius 3 is 2.16 bits per heavy atom. The Labute approximate surface area is 428 Å². The maximum absolute atomic E-state index is 15.6. The van der Waals surface area contributed by atoms with E-state index < -0.39 is 145 Å². The summed E-state index contributed by atoms with van der Waals surface area (Å²) in [6.07, 6.45) is -12.8. The van der Waals surface area contributed by atoms with E-state index in [1.54, 1.807) is 0 Å². The molecule has 8 rings (SSSR count). The highest BCUT2D eigenvalue weighted by Crippen LogP contribution is 2.76. The molecule has 0 aromatic carbocycles. The molecule has 0 aromatic rings. The zero-order valence-electron chi connectivity index (χ0n) is 43.7. The number of nitrogens with two attached hydrogens (primary N) is 1. The number of fused-ring (bicyclic) bond motifs is 7. The molecule has 0 aromatic heterocycles. The normalized spacial score (nSPS) is 50.5. The van der Waals surface area contributed by atoms with Crippen molar-refractivity contribution >= 4 is 18.2 Å². The first-order chi connectivity index (χ1) is 34.3. The first kappa shape index (κ1) is 56.9. The van der Waals surface area contributed by atoms with Crippen molar-refractivity contribution in [1.29, 1.82) is 0 Å². The van der Waals surface area contributed by atoms with Crippen LogP contribution in [0.15, 0.2) is 11.6 Å². The second kappa shape index (κ2) is 21.2. The van der Waals surface area contributed by atoms with Gasteiger partial charge in [-0.15, -0.1) is 0 Å². The largest absolute Gasteiger partial charge is 0.432 e. The van der Waals surface area contributed by atoms with Crippen molar-refractivity contribution in [3.05, 3.63) is 11.6 Å². The van der Waals surface area contributed by atoms with E-state index in [4.69, 9.17) is 34.2 Å². The Balaban J connectivity index is 1.10. The minimum absolute atomic E-state index is 0.0375. The van der Waals surface area contributed by atoms with Crippen molar-refractivity contribution in [2.45, 2.75) is 230 Å². The lowest BCUT2D eigenvalue weighted by Crippen LogP contribution is -2.69. The molecular formula is C53H86N2O18. The predicted octanol–water partition coefficient (Wildman–Crippen LogP) is 0.600. The summed E-state index contributed by atoms with van der Waals surface area (Å²) in [4.78, 5) is 41.7. The molecule has 5 aliphatic carbocycles. The van der Waals surface area contributed by atoms with E-state index >= 15 is 4.79 Å². The van der Waals surface area contributed by atoms with Gasteiger partial charge < -0.3 is 90.2 Å². The molecule has 0 radical (unpaired) electrons. The van der Waals surface area contributed by atoms with Crippen LogP contribution in [0, 0.1) is 50.2 Å². The number of unbranched alkanes of at least 4 members (excludes halogenated alkanes) is 2. The van der Waals surface area contributed by atoms with Crippen LogP contribution in [0.1, 0.15) is 132 Å². The summed E-state index contributed by atoms with van der Waals surface area (Å²) in [5.74, 6) is -1.72. The van der Waals surface area contributed by atoms with Crippen molar-refractivity contribution in [2.75, 3.05) is 19.8 Å². The summed E-state index contributed by atoms with van der Waals surface area (Å²) in [7, 11) is 0. The Hall–Kier alpha value is -2.25. The number of esters is 1. The van der Waals surface area contributed by atoms with Crippen LogP contribution in [0.2, 0.25) is 0 Å². The summed E-state index contributed by atoms with van der Waals surface area (Å²) in [6.45, 7) is 13.8. The summed E-state index contributed by atoms with van der Waals surface area (Å²) in [6, 6.07) is -1.34. The Bertz CT molecular complexity index is 2030. The van der Waals surface area contributed by atoms with Crippen molar-refractivity contribution < 1.29 is 88.8 Å². The number of aliphatic hydroxyl groups excluding tert-OH is 9. The van der Waals surface area contributed by atoms with E-state index in [1.807, 2.05) is 6.92 Å². The van der Waals surface area contributed by atoms with Gasteiger partial charge in [-0.25, -0.2) is 0 Å². The van der Waals surface area contributed by atoms with Crippen molar-refractivity contribution in [3.8, 4) is 0 Å². The molecule has 12 N–H and O–H groups in total. The highest BCUT2D eigenvalue weighted by molar-refractivity contribution is 5.80. The molecular weight excluding hydrogens is 953 g/mol. The van der Waals surface area contributed by atoms with E-state index in [0.717, 1.165) is 31.1 Å². The number of allylic oxidation sites excluding steroid dienone is 2. The van der Waals surface area contributed by atoms with Crippen LogP contribution in [-0.2, 0) is 42.8 Å². The highest BCUT2D eigenvalue weighted by atomic mass is 16.8. The van der Waals surface area contributed by atoms with Gasteiger partial charge in [-0.1, -0.05) is 59.6 Å². The number of carbonyl (C=O) groups excluding carboxylic acids is 3. The molecule has 7 fully saturated rings. The molecule has 24 atom stereocenters. The fourth-order valence-electron chi connectivity index (χ4n) is 15.7. The molecule has 20 nitrogen and oxygen atoms in total. The average molecular weight is 1040 g/mol. The van der Waals surface area contributed by atoms with Crippen molar-refractivity contribution in [3.63, 3.8) is 0 Å². The lowest BCUT2D eigenvalue weighted by molar-refractivity contribution is -0.370. The van der Waals surface area contributed by atoms with Gasteiger partial charge in [0, 0.05) is 6.42 Å². The third kappa shape index (κ3) is 9.59. The van der Waals surface area contributed by atoms with E-state index in [1.165, 1.54) is 6.92 Å². The Morgan fingerprint density at radius 2 is 1.48 bits per heavy atom. The lowest BCUT2D eigenvalue weighted by atomic mass is 9.33. The Morgan fingerprint density at radius 1 is 0.781 bits per heavy atom. The zero-order valence-corrected chi connectivity index (χ0v) is 43.7. The molecule has 416 valence electrons. The maximum Gasteiger partial charge on any atom is 0.317 e. The van der Waals surface area contributed by atoms with Crippen LogP contribution in [0.4, 0.5) is 0 Å². The van der Waals surface area contributed by atoms with Gasteiger partial charge >= 0.3 is 5.97 Å². The zero-order chi connectivity index (χ0) is 53.4. The minimum atomic E-state index is -1.93. The fraction of sp³-hybridized carbons (Fsp3) is 0.906. The van der Waals surface area contributed by atoms with Crippen LogP contribution in [0.3, 0.4) is 0 Å². The first-order valence-corrected chi connectivity index (χ1v) is 26.9. The van der Waals surface area contributed by atoms with Gasteiger partial charge in [-0.05, 0) is 124 Å². The summed E-state index contributed by atoms with van der Waals surface area (Å²) in [5, 5.41) is 104. The standard InChI is InChI=1S/C53H86N2O18/c1-26-42(71-44-40(65)37(62)29(58)24-68-44)39(64)41(66)45(69-26)72-43-38(63)36(55-35(61)11-9-8-10-20-54)30(23-56)70-46(43)73-47(67)53-19-18-48(2,3)21-28(53)27-12-13-32-49(4)16-15-33(59)50(5,25-57)31(49)14-17-51(32,6)52(27,7)22-34(53)60/h12,25-26,28-34,36-46,56,58-60,62-66H,8-11,13-24,54H2,1-7H3,(H,55,61)/t26?,28?,29-,30?,31-,32?,33+,34+,36+,37?,38?,39?,40?,41?,42+,43?,44+,45+,46+,49?,50?,51?,52?,53-/m1/s1. The number of nitrogens with one attached hydrogen (secondary N) is 1. The number of amides is 1. The number of carbonyl (C=O) groups is 3. The average Bonchev–Trinajstić information content (AvgIpc) is 3.33. The first-order valence-electron chi connectivity index (χ1n) is 26.9. The second-order valence-electron chi connectivity index (χ2n) is 25.0. The van der Waals surface area contributed by atoms with Gasteiger partial charge in [0.2, 0.25) is 12.2 Å². The van der Waals surface area contributed by atoms with Crippen molar-refractivity contribution in [1.82, 2.24) is 5.32 Å². The van der Waals surface area contributed by atoms with Crippen LogP contribution >= 0.6 is 0 Å². The quantitative estimate of drug-likeness (QED) is 0.0491. The molecule has 3 heterocycles. The molecule has 14 unspecified atom stereocenters. The molecule has 4 saturated carbocycles. The van der Waals surface area contributed by atoms with Gasteiger partial charge in [0.05, 0.1) is 43.0 Å². The molecule has 0 bridgehead atoms. The van der Waals surface area contributed by atoms with Crippen LogP contribution < -0.4 is 11.1 Å². The maximum atomic E-state index is 15.6. The molecule has 8 aliphatic rings. The molecule has 20 heteroatoms. The topological polar surface area (TPSA) is 327 Å². The SMILES string of the molecule is CC1O[C@@H](OC2C(O)[C@@H](NC(=O)CCCCCN)C(CO)O[C@H]2OC(=O)[C@]23CCC(C)(C)CC2C2=CCC4C5(C)CC[C@H](O)C(C)(C=O)[C@@H]5CCC4(C)C2(C)C[C@@H]3O)C(O)C(O)[C@H]1O[C@@H]1OC[C@@H](O)C(O)C1O. The molecule has 3 aliphatic heterocycles. The van der Waals surface area contributed by atoms with E-state index in [2.05, 4.69) is 46.0 Å². The molecule has 0 spiro atoms. The molecule has 1 amide bonds. The number of hydrogen-bond donors (Lipinski definition) is 11. The smallest absolute Gasteiger partial charge is 0.317 e. The predicted molar refractivity (Wildman–Crippen MR) is 258 cm³/mol. The van der Waals surface area contributed by atoms with E-state index in [-0.39, 0.29) is 47.3 Å². The van der Waals surface area contributed by atoms with Gasteiger partial charge in [-0.3, -0.25) is 9.59 Å². The number of rotatable bonds is 14. The number of ether oxygens (including phenoxy) is 6. The van der Waals surface area contributed by atoms with E-state index in [9.17, 15) is 55.5 Å². The number of aliphatic hydroxyl groups is 9. The van der Waals surface area contributed by atoms with Crippen LogP contribution in [0.5, 0.6) is 0 Å². The number of aldehydes is 1. The third-order valence-corrected chi connectivity index (χ3v) is 20.3. The summed E-state index contributed by atoms with van der Waals surface area (Å²) in [5.41, 5.74) is 2.84. The summed E-state index contributed by atoms with van der Waals surface area (Å²) >= 11 is 0. The van der Waals surface area contributed by atoms with E-state index in [0.29, 0.717) is 51.5 Å². The van der Waals surface area contributed by atoms with Gasteiger partial charge in [0.25, 0.3) is 0 Å². The highest BCUT2D eigenvalue weighted by Gasteiger charge is 2.72. The van der Waals surface area contributed by atoms with Gasteiger partial charge in [0.15, 0.2) is 18.7 Å².